The van der Waals surface area contributed by atoms with Crippen molar-refractivity contribution in [2.75, 3.05) is 13.7 Å². The second-order valence-electron chi connectivity index (χ2n) is 4.05. The summed E-state index contributed by atoms with van der Waals surface area (Å²) in [6.07, 6.45) is 1.69. The van der Waals surface area contributed by atoms with Crippen LogP contribution in [0.2, 0.25) is 0 Å². The molecule has 0 saturated heterocycles. The zero-order valence-corrected chi connectivity index (χ0v) is 10.5. The Bertz CT molecular complexity index is 414. The van der Waals surface area contributed by atoms with Gasteiger partial charge in [-0.1, -0.05) is 0 Å². The number of methoxy groups -OCH3 is 1. The van der Waals surface area contributed by atoms with Crippen molar-refractivity contribution < 1.29 is 19.4 Å². The molecule has 0 aliphatic carbocycles. The highest BCUT2D eigenvalue weighted by Gasteiger charge is 2.15. The van der Waals surface area contributed by atoms with Crippen LogP contribution in [-0.4, -0.2) is 41.3 Å². The molecular weight excluding hydrogens is 236 g/mol. The summed E-state index contributed by atoms with van der Waals surface area (Å²) >= 11 is 0. The third-order valence-corrected chi connectivity index (χ3v) is 2.46. The topological polar surface area (TPSA) is 80.6 Å². The Morgan fingerprint density at radius 1 is 1.56 bits per heavy atom. The van der Waals surface area contributed by atoms with Gasteiger partial charge in [-0.05, 0) is 19.1 Å². The van der Waals surface area contributed by atoms with E-state index < -0.39 is 12.0 Å². The van der Waals surface area contributed by atoms with Gasteiger partial charge in [-0.25, -0.2) is 0 Å². The van der Waals surface area contributed by atoms with Crippen LogP contribution in [0.15, 0.2) is 18.3 Å². The molecule has 2 N–H and O–H groups in total. The molecule has 0 aliphatic heterocycles. The Morgan fingerprint density at radius 2 is 2.28 bits per heavy atom. The summed E-state index contributed by atoms with van der Waals surface area (Å²) in [5.41, 5.74) is 0.504. The van der Waals surface area contributed by atoms with Crippen molar-refractivity contribution in [2.24, 2.45) is 0 Å². The molecule has 0 saturated carbocycles. The lowest BCUT2D eigenvalue weighted by Crippen LogP contribution is -2.35. The van der Waals surface area contributed by atoms with Crippen LogP contribution in [0.3, 0.4) is 0 Å². The highest BCUT2D eigenvalue weighted by molar-refractivity contribution is 5.93. The first kappa shape index (κ1) is 14.2. The van der Waals surface area contributed by atoms with E-state index in [1.54, 1.807) is 36.9 Å². The van der Waals surface area contributed by atoms with Gasteiger partial charge >= 0.3 is 5.97 Å². The van der Waals surface area contributed by atoms with Crippen molar-refractivity contribution in [3.8, 4) is 0 Å². The molecule has 1 aromatic rings. The molecule has 0 aliphatic rings. The van der Waals surface area contributed by atoms with Crippen LogP contribution in [-0.2, 0) is 16.1 Å². The van der Waals surface area contributed by atoms with Crippen molar-refractivity contribution in [3.05, 3.63) is 24.0 Å². The predicted octanol–water partition coefficient (Wildman–Crippen LogP) is 0.727. The van der Waals surface area contributed by atoms with Crippen molar-refractivity contribution >= 4 is 11.9 Å². The number of aromatic nitrogens is 1. The Labute approximate surface area is 106 Å². The fourth-order valence-corrected chi connectivity index (χ4v) is 1.62. The molecule has 1 amide bonds. The molecule has 100 valence electrons. The van der Waals surface area contributed by atoms with Crippen LogP contribution in [0.4, 0.5) is 0 Å². The van der Waals surface area contributed by atoms with Gasteiger partial charge in [0.2, 0.25) is 0 Å². The quantitative estimate of drug-likeness (QED) is 0.751. The van der Waals surface area contributed by atoms with Crippen molar-refractivity contribution in [1.29, 1.82) is 0 Å². The van der Waals surface area contributed by atoms with Crippen LogP contribution in [0.25, 0.3) is 0 Å². The first-order valence-corrected chi connectivity index (χ1v) is 5.71. The third-order valence-electron chi connectivity index (χ3n) is 2.46. The number of carbonyl (C=O) groups excluding carboxylic acids is 1. The van der Waals surface area contributed by atoms with Gasteiger partial charge in [-0.2, -0.15) is 0 Å². The molecule has 18 heavy (non-hydrogen) atoms. The Balaban J connectivity index is 2.60. The van der Waals surface area contributed by atoms with E-state index in [-0.39, 0.29) is 12.3 Å². The molecule has 1 unspecified atom stereocenters. The van der Waals surface area contributed by atoms with E-state index >= 15 is 0 Å². The highest BCUT2D eigenvalue weighted by Crippen LogP contribution is 2.03. The maximum Gasteiger partial charge on any atom is 0.305 e. The zero-order chi connectivity index (χ0) is 13.5. The summed E-state index contributed by atoms with van der Waals surface area (Å²) in [5, 5.41) is 11.3. The van der Waals surface area contributed by atoms with Crippen LogP contribution in [0.1, 0.15) is 23.8 Å². The maximum absolute atomic E-state index is 11.9. The fraction of sp³-hybridized carbons (Fsp3) is 0.500. The maximum atomic E-state index is 11.9. The van der Waals surface area contributed by atoms with Gasteiger partial charge in [0.25, 0.3) is 5.91 Å². The fourth-order valence-electron chi connectivity index (χ4n) is 1.62. The minimum absolute atomic E-state index is 0.0927. The van der Waals surface area contributed by atoms with Crippen molar-refractivity contribution in [2.45, 2.75) is 25.9 Å². The van der Waals surface area contributed by atoms with E-state index in [0.717, 1.165) is 0 Å². The summed E-state index contributed by atoms with van der Waals surface area (Å²) < 4.78 is 6.72. The second kappa shape index (κ2) is 6.80. The van der Waals surface area contributed by atoms with Gasteiger partial charge in [0.05, 0.1) is 13.0 Å². The Kier molecular flexibility index (Phi) is 5.38. The Morgan fingerprint density at radius 3 is 2.89 bits per heavy atom. The van der Waals surface area contributed by atoms with Crippen LogP contribution in [0, 0.1) is 0 Å². The van der Waals surface area contributed by atoms with Crippen molar-refractivity contribution in [1.82, 2.24) is 9.88 Å². The lowest BCUT2D eigenvalue weighted by atomic mass is 10.2. The van der Waals surface area contributed by atoms with Crippen LogP contribution < -0.4 is 5.32 Å². The number of ether oxygens (including phenoxy) is 1. The number of carboxylic acids is 1. The highest BCUT2D eigenvalue weighted by atomic mass is 16.5. The lowest BCUT2D eigenvalue weighted by molar-refractivity contribution is -0.137. The molecule has 1 aromatic heterocycles. The van der Waals surface area contributed by atoms with E-state index in [1.807, 2.05) is 0 Å². The molecule has 6 nitrogen and oxygen atoms in total. The molecule has 1 heterocycles. The summed E-state index contributed by atoms with van der Waals surface area (Å²) in [6, 6.07) is 3.06. The number of nitrogens with zero attached hydrogens (tertiary/aromatic N) is 1. The van der Waals surface area contributed by atoms with Gasteiger partial charge in [0, 0.05) is 25.9 Å². The predicted molar refractivity (Wildman–Crippen MR) is 65.5 cm³/mol. The summed E-state index contributed by atoms with van der Waals surface area (Å²) in [6.45, 7) is 2.76. The minimum Gasteiger partial charge on any atom is -0.481 e. The molecule has 0 radical (unpaired) electrons. The van der Waals surface area contributed by atoms with Crippen LogP contribution >= 0.6 is 0 Å². The van der Waals surface area contributed by atoms with Gasteiger partial charge in [0.1, 0.15) is 5.69 Å². The number of aliphatic carboxylic acids is 1. The van der Waals surface area contributed by atoms with Gasteiger partial charge in [0.15, 0.2) is 0 Å². The SMILES string of the molecule is COCCn1cccc1C(=O)NC(C)CC(=O)O. The van der Waals surface area contributed by atoms with E-state index in [2.05, 4.69) is 5.32 Å². The molecule has 0 fully saturated rings. The third kappa shape index (κ3) is 4.21. The van der Waals surface area contributed by atoms with Gasteiger partial charge in [-0.15, -0.1) is 0 Å². The van der Waals surface area contributed by atoms with Gasteiger partial charge < -0.3 is 19.7 Å². The minimum atomic E-state index is -0.933. The largest absolute Gasteiger partial charge is 0.481 e. The van der Waals surface area contributed by atoms with E-state index in [4.69, 9.17) is 9.84 Å². The van der Waals surface area contributed by atoms with Crippen molar-refractivity contribution in [3.63, 3.8) is 0 Å². The number of carboxylic acid groups (broad SMARTS) is 1. The average Bonchev–Trinajstić information content (AvgIpc) is 2.72. The number of hydrogen-bond acceptors (Lipinski definition) is 3. The summed E-state index contributed by atoms with van der Waals surface area (Å²) in [4.78, 5) is 22.4. The first-order chi connectivity index (χ1) is 8.54. The average molecular weight is 254 g/mol. The molecule has 6 heteroatoms. The molecule has 0 aromatic carbocycles. The molecule has 0 spiro atoms. The normalized spacial score (nSPS) is 12.1. The zero-order valence-electron chi connectivity index (χ0n) is 10.5. The second-order valence-corrected chi connectivity index (χ2v) is 4.05. The molecule has 1 rings (SSSR count). The monoisotopic (exact) mass is 254 g/mol. The molecule has 0 bridgehead atoms. The Hall–Kier alpha value is -1.82. The van der Waals surface area contributed by atoms with Crippen LogP contribution in [0.5, 0.6) is 0 Å². The lowest BCUT2D eigenvalue weighted by Gasteiger charge is -2.13. The van der Waals surface area contributed by atoms with E-state index in [9.17, 15) is 9.59 Å². The number of nitrogens with one attached hydrogen (secondary N) is 1. The van der Waals surface area contributed by atoms with Gasteiger partial charge in [-0.3, -0.25) is 9.59 Å². The van der Waals surface area contributed by atoms with E-state index in [0.29, 0.717) is 18.8 Å². The number of amides is 1. The summed E-state index contributed by atoms with van der Waals surface area (Å²) in [5.74, 6) is -1.21. The smallest absolute Gasteiger partial charge is 0.305 e. The standard InChI is InChI=1S/C12H18N2O4/c1-9(8-11(15)16)13-12(17)10-4-3-5-14(10)6-7-18-2/h3-5,9H,6-8H2,1-2H3,(H,13,17)(H,15,16). The number of carbonyl (C=O) groups is 2. The molecule has 1 atom stereocenters. The van der Waals surface area contributed by atoms with E-state index in [1.165, 1.54) is 0 Å². The summed E-state index contributed by atoms with van der Waals surface area (Å²) in [7, 11) is 1.60. The first-order valence-electron chi connectivity index (χ1n) is 5.71. The number of rotatable bonds is 7. The number of hydrogen-bond donors (Lipinski definition) is 2. The molecular formula is C12H18N2O4.